The highest BCUT2D eigenvalue weighted by atomic mass is 127. The minimum atomic E-state index is 0. The number of thiazole rings is 1. The summed E-state index contributed by atoms with van der Waals surface area (Å²) >= 11 is 1.80. The smallest absolute Gasteiger partial charge is 0.193 e. The summed E-state index contributed by atoms with van der Waals surface area (Å²) in [5.41, 5.74) is 1.54. The van der Waals surface area contributed by atoms with E-state index in [-0.39, 0.29) is 24.0 Å². The fourth-order valence-electron chi connectivity index (χ4n) is 3.58. The second-order valence-electron chi connectivity index (χ2n) is 6.70. The Morgan fingerprint density at radius 1 is 1.42 bits per heavy atom. The van der Waals surface area contributed by atoms with Crippen molar-refractivity contribution in [1.82, 2.24) is 15.2 Å². The molecular formula is C17H29IN4OS. The van der Waals surface area contributed by atoms with Gasteiger partial charge in [-0.05, 0) is 33.6 Å². The van der Waals surface area contributed by atoms with Crippen molar-refractivity contribution in [3.63, 3.8) is 0 Å². The van der Waals surface area contributed by atoms with Crippen molar-refractivity contribution in [2.24, 2.45) is 10.4 Å². The van der Waals surface area contributed by atoms with Crippen molar-refractivity contribution in [2.45, 2.75) is 40.0 Å². The first-order valence-corrected chi connectivity index (χ1v) is 9.47. The molecule has 1 spiro atoms. The first-order valence-electron chi connectivity index (χ1n) is 8.66. The van der Waals surface area contributed by atoms with Gasteiger partial charge < -0.3 is 15.0 Å². The molecule has 7 heteroatoms. The average Bonchev–Trinajstić information content (AvgIpc) is 3.22. The van der Waals surface area contributed by atoms with Crippen LogP contribution >= 0.6 is 35.3 Å². The van der Waals surface area contributed by atoms with Crippen LogP contribution in [0.5, 0.6) is 0 Å². The summed E-state index contributed by atoms with van der Waals surface area (Å²) in [6, 6.07) is 0. The third-order valence-corrected chi connectivity index (χ3v) is 5.99. The first-order chi connectivity index (χ1) is 11.1. The van der Waals surface area contributed by atoms with E-state index in [1.165, 1.54) is 17.7 Å². The molecule has 1 aromatic rings. The number of hydrogen-bond acceptors (Lipinski definition) is 4. The fraction of sp³-hybridized carbons (Fsp3) is 0.765. The molecule has 2 aliphatic rings. The number of rotatable bonds is 4. The summed E-state index contributed by atoms with van der Waals surface area (Å²) in [5, 5.41) is 4.61. The lowest BCUT2D eigenvalue weighted by Gasteiger charge is -2.24. The minimum absolute atomic E-state index is 0. The van der Waals surface area contributed by atoms with Gasteiger partial charge in [-0.25, -0.2) is 4.98 Å². The highest BCUT2D eigenvalue weighted by molar-refractivity contribution is 14.0. The second-order valence-corrected chi connectivity index (χ2v) is 7.99. The summed E-state index contributed by atoms with van der Waals surface area (Å²) in [6.07, 6.45) is 3.40. The van der Waals surface area contributed by atoms with Crippen LogP contribution in [0, 0.1) is 19.3 Å². The van der Waals surface area contributed by atoms with Crippen molar-refractivity contribution in [3.8, 4) is 0 Å². The molecule has 0 aliphatic carbocycles. The molecule has 1 aromatic heterocycles. The number of likely N-dealkylation sites (tertiary alicyclic amines) is 1. The van der Waals surface area contributed by atoms with E-state index in [4.69, 9.17) is 9.73 Å². The normalized spacial score (nSPS) is 23.8. The minimum Gasteiger partial charge on any atom is -0.381 e. The third kappa shape index (κ3) is 4.60. The lowest BCUT2D eigenvalue weighted by Crippen LogP contribution is -2.41. The van der Waals surface area contributed by atoms with Gasteiger partial charge in [0.05, 0.1) is 17.3 Å². The monoisotopic (exact) mass is 464 g/mol. The molecule has 2 fully saturated rings. The number of aryl methyl sites for hydroxylation is 2. The standard InChI is InChI=1S/C17H28N4OS.HI/c1-4-18-16(19-8-5-15-13(2)20-14(3)23-15)21-9-6-17(11-21)7-10-22-12-17;/h4-12H2,1-3H3,(H,18,19);1H. The maximum atomic E-state index is 5.63. The highest BCUT2D eigenvalue weighted by Crippen LogP contribution is 2.38. The molecule has 1 atom stereocenters. The maximum absolute atomic E-state index is 5.63. The van der Waals surface area contributed by atoms with Crippen molar-refractivity contribution < 1.29 is 4.74 Å². The zero-order valence-corrected chi connectivity index (χ0v) is 18.1. The number of guanidine groups is 1. The van der Waals surface area contributed by atoms with E-state index >= 15 is 0 Å². The maximum Gasteiger partial charge on any atom is 0.193 e. The Morgan fingerprint density at radius 3 is 2.88 bits per heavy atom. The summed E-state index contributed by atoms with van der Waals surface area (Å²) in [5.74, 6) is 1.06. The van der Waals surface area contributed by atoms with Crippen LogP contribution in [0.2, 0.25) is 0 Å². The molecule has 2 aliphatic heterocycles. The summed E-state index contributed by atoms with van der Waals surface area (Å²) in [6.45, 7) is 12.1. The number of hydrogen-bond donors (Lipinski definition) is 1. The summed E-state index contributed by atoms with van der Waals surface area (Å²) < 4.78 is 5.63. The number of nitrogens with zero attached hydrogens (tertiary/aromatic N) is 3. The summed E-state index contributed by atoms with van der Waals surface area (Å²) in [7, 11) is 0. The molecule has 0 aromatic carbocycles. The molecule has 0 radical (unpaired) electrons. The van der Waals surface area contributed by atoms with Crippen molar-refractivity contribution >= 4 is 41.3 Å². The Hall–Kier alpha value is -0.410. The Bertz CT molecular complexity index is 569. The molecule has 1 unspecified atom stereocenters. The van der Waals surface area contributed by atoms with E-state index < -0.39 is 0 Å². The van der Waals surface area contributed by atoms with Gasteiger partial charge in [-0.2, -0.15) is 0 Å². The topological polar surface area (TPSA) is 49.8 Å². The van der Waals surface area contributed by atoms with Gasteiger partial charge in [-0.3, -0.25) is 4.99 Å². The van der Waals surface area contributed by atoms with E-state index in [9.17, 15) is 0 Å². The number of ether oxygens (including phenoxy) is 1. The lowest BCUT2D eigenvalue weighted by atomic mass is 9.87. The SMILES string of the molecule is CCNC(=NCCc1sc(C)nc1C)N1CCC2(CCOC2)C1.I. The second kappa shape index (κ2) is 8.80. The van der Waals surface area contributed by atoms with E-state index in [0.29, 0.717) is 5.41 Å². The van der Waals surface area contributed by atoms with E-state index in [0.717, 1.165) is 62.5 Å². The summed E-state index contributed by atoms with van der Waals surface area (Å²) in [4.78, 5) is 13.2. The molecular weight excluding hydrogens is 435 g/mol. The molecule has 0 saturated carbocycles. The number of aliphatic imine (C=N–C) groups is 1. The van der Waals surface area contributed by atoms with Gasteiger partial charge in [0, 0.05) is 49.5 Å². The number of halogens is 1. The third-order valence-electron chi connectivity index (χ3n) is 4.86. The van der Waals surface area contributed by atoms with Crippen LogP contribution in [0.25, 0.3) is 0 Å². The van der Waals surface area contributed by atoms with Gasteiger partial charge in [-0.1, -0.05) is 0 Å². The molecule has 24 heavy (non-hydrogen) atoms. The van der Waals surface area contributed by atoms with E-state index in [2.05, 4.69) is 36.0 Å². The number of nitrogens with one attached hydrogen (secondary N) is 1. The van der Waals surface area contributed by atoms with Crippen LogP contribution in [0.15, 0.2) is 4.99 Å². The Kier molecular flexibility index (Phi) is 7.30. The predicted molar refractivity (Wildman–Crippen MR) is 111 cm³/mol. The molecule has 5 nitrogen and oxygen atoms in total. The van der Waals surface area contributed by atoms with Gasteiger partial charge in [0.2, 0.25) is 0 Å². The quantitative estimate of drug-likeness (QED) is 0.423. The largest absolute Gasteiger partial charge is 0.381 e. The van der Waals surface area contributed by atoms with Crippen LogP contribution < -0.4 is 5.32 Å². The molecule has 0 bridgehead atoms. The average molecular weight is 464 g/mol. The van der Waals surface area contributed by atoms with Crippen LogP contribution in [-0.2, 0) is 11.2 Å². The van der Waals surface area contributed by atoms with E-state index in [1.807, 2.05) is 0 Å². The van der Waals surface area contributed by atoms with Gasteiger partial charge in [-0.15, -0.1) is 35.3 Å². The van der Waals surface area contributed by atoms with Gasteiger partial charge in [0.1, 0.15) is 0 Å². The van der Waals surface area contributed by atoms with Gasteiger partial charge in [0.15, 0.2) is 5.96 Å². The number of aromatic nitrogens is 1. The highest BCUT2D eigenvalue weighted by Gasteiger charge is 2.42. The molecule has 136 valence electrons. The molecule has 0 amide bonds. The lowest BCUT2D eigenvalue weighted by molar-refractivity contribution is 0.156. The van der Waals surface area contributed by atoms with Crippen molar-refractivity contribution in [2.75, 3.05) is 39.4 Å². The Balaban J connectivity index is 0.00000208. The van der Waals surface area contributed by atoms with Crippen LogP contribution in [0.3, 0.4) is 0 Å². The molecule has 3 heterocycles. The molecule has 2 saturated heterocycles. The zero-order valence-electron chi connectivity index (χ0n) is 14.9. The zero-order chi connectivity index (χ0) is 16.3. The van der Waals surface area contributed by atoms with Crippen LogP contribution in [0.4, 0.5) is 0 Å². The van der Waals surface area contributed by atoms with Crippen molar-refractivity contribution in [1.29, 1.82) is 0 Å². The molecule has 3 rings (SSSR count). The Labute approximate surface area is 166 Å². The van der Waals surface area contributed by atoms with Crippen LogP contribution in [0.1, 0.15) is 35.3 Å². The molecule has 1 N–H and O–H groups in total. The van der Waals surface area contributed by atoms with Gasteiger partial charge in [0.25, 0.3) is 0 Å². The predicted octanol–water partition coefficient (Wildman–Crippen LogP) is 3.00. The van der Waals surface area contributed by atoms with Gasteiger partial charge >= 0.3 is 0 Å². The van der Waals surface area contributed by atoms with Crippen LogP contribution in [-0.4, -0.2) is 55.2 Å². The van der Waals surface area contributed by atoms with Crippen molar-refractivity contribution in [3.05, 3.63) is 15.6 Å². The first kappa shape index (κ1) is 19.9. The van der Waals surface area contributed by atoms with E-state index in [1.54, 1.807) is 11.3 Å². The Morgan fingerprint density at radius 2 is 2.25 bits per heavy atom. The fourth-order valence-corrected chi connectivity index (χ4v) is 4.51.